The van der Waals surface area contributed by atoms with E-state index in [9.17, 15) is 14.4 Å². The molecule has 0 unspecified atom stereocenters. The summed E-state index contributed by atoms with van der Waals surface area (Å²) in [4.78, 5) is 48.3. The number of rotatable bonds is 12. The van der Waals surface area contributed by atoms with Crippen LogP contribution in [0.15, 0.2) is 60.8 Å². The Hall–Kier alpha value is -4.60. The minimum atomic E-state index is -0.741. The monoisotopic (exact) mass is 638 g/mol. The van der Waals surface area contributed by atoms with E-state index in [2.05, 4.69) is 48.8 Å². The van der Waals surface area contributed by atoms with Crippen LogP contribution in [0.2, 0.25) is 0 Å². The van der Waals surface area contributed by atoms with Crippen LogP contribution in [0.3, 0.4) is 0 Å². The molecule has 2 aromatic carbocycles. The Morgan fingerprint density at radius 2 is 1.79 bits per heavy atom. The largest absolute Gasteiger partial charge is 0.456 e. The van der Waals surface area contributed by atoms with E-state index < -0.39 is 18.1 Å². The molecule has 4 aromatic rings. The lowest BCUT2D eigenvalue weighted by molar-refractivity contribution is -0.124. The number of amides is 3. The molecule has 2 saturated carbocycles. The maximum absolute atomic E-state index is 14.0. The molecule has 6 rings (SSSR count). The van der Waals surface area contributed by atoms with Crippen molar-refractivity contribution in [2.45, 2.75) is 84.0 Å². The number of aromatic amines is 1. The van der Waals surface area contributed by atoms with Crippen LogP contribution in [-0.4, -0.2) is 44.5 Å². The fourth-order valence-electron chi connectivity index (χ4n) is 7.43. The number of hydrogen-bond donors (Lipinski definition) is 4. The summed E-state index contributed by atoms with van der Waals surface area (Å²) < 4.78 is 7.64. The van der Waals surface area contributed by atoms with Crippen molar-refractivity contribution in [3.63, 3.8) is 0 Å². The Balaban J connectivity index is 1.23. The van der Waals surface area contributed by atoms with E-state index in [0.717, 1.165) is 34.9 Å². The second-order valence-electron chi connectivity index (χ2n) is 13.8. The van der Waals surface area contributed by atoms with Gasteiger partial charge in [-0.1, -0.05) is 68.8 Å². The molecule has 2 heterocycles. The van der Waals surface area contributed by atoms with E-state index in [0.29, 0.717) is 36.2 Å². The molecule has 0 spiro atoms. The first kappa shape index (κ1) is 32.3. The number of imidazole rings is 1. The zero-order chi connectivity index (χ0) is 33.1. The van der Waals surface area contributed by atoms with Crippen LogP contribution < -0.4 is 16.0 Å². The average Bonchev–Trinajstić information content (AvgIpc) is 3.84. The van der Waals surface area contributed by atoms with Gasteiger partial charge in [0.1, 0.15) is 18.5 Å². The van der Waals surface area contributed by atoms with Gasteiger partial charge in [0.05, 0.1) is 6.04 Å². The van der Waals surface area contributed by atoms with E-state index in [-0.39, 0.29) is 36.2 Å². The van der Waals surface area contributed by atoms with E-state index >= 15 is 0 Å². The fraction of sp³-hybridized carbons (Fsp3) is 0.459. The number of benzene rings is 2. The van der Waals surface area contributed by atoms with Gasteiger partial charge in [0.25, 0.3) is 0 Å². The molecule has 2 aliphatic carbocycles. The lowest BCUT2D eigenvalue weighted by atomic mass is 9.95. The van der Waals surface area contributed by atoms with Gasteiger partial charge in [-0.2, -0.15) is 0 Å². The van der Waals surface area contributed by atoms with Gasteiger partial charge in [-0.05, 0) is 67.6 Å². The molecule has 10 heteroatoms. The van der Waals surface area contributed by atoms with Crippen LogP contribution in [0.1, 0.15) is 85.1 Å². The number of hydrogen-bond acceptors (Lipinski definition) is 5. The van der Waals surface area contributed by atoms with Crippen molar-refractivity contribution >= 4 is 28.8 Å². The predicted molar refractivity (Wildman–Crippen MR) is 181 cm³/mol. The molecule has 10 nitrogen and oxygen atoms in total. The number of esters is 1. The molecule has 0 saturated heterocycles. The highest BCUT2D eigenvalue weighted by molar-refractivity contribution is 5.89. The number of H-pyrrole nitrogens is 1. The third-order valence-corrected chi connectivity index (χ3v) is 9.74. The van der Waals surface area contributed by atoms with Crippen molar-refractivity contribution in [3.05, 3.63) is 89.1 Å². The second kappa shape index (κ2) is 14.0. The third kappa shape index (κ3) is 7.53. The fourth-order valence-corrected chi connectivity index (χ4v) is 7.43. The molecular formula is C37H46N6O4. The summed E-state index contributed by atoms with van der Waals surface area (Å²) in [5, 5.41) is 10.4. The zero-order valence-corrected chi connectivity index (χ0v) is 27.7. The summed E-state index contributed by atoms with van der Waals surface area (Å²) in [5.41, 5.74) is 3.71. The van der Waals surface area contributed by atoms with Gasteiger partial charge in [0.2, 0.25) is 5.91 Å². The summed E-state index contributed by atoms with van der Waals surface area (Å²) in [7, 11) is 1.99. The highest BCUT2D eigenvalue weighted by Gasteiger charge is 2.40. The van der Waals surface area contributed by atoms with Gasteiger partial charge in [0.15, 0.2) is 5.69 Å². The summed E-state index contributed by atoms with van der Waals surface area (Å²) in [6.45, 7) is 5.97. The molecule has 0 aliphatic heterocycles. The van der Waals surface area contributed by atoms with Crippen molar-refractivity contribution in [1.82, 2.24) is 30.5 Å². The number of ether oxygens (including phenoxy) is 1. The SMILES string of the molecule is Cc1[nH]c([C@@H](Cc2cn(C)c3ccccc23)NC(=O)[C@H](CC(C)C)NC(=O)N[C@@H]2C[C@H]3CC[C@@H]2C3)nc1C(=O)OCc1ccccc1. The molecule has 47 heavy (non-hydrogen) atoms. The van der Waals surface area contributed by atoms with Crippen LogP contribution in [0, 0.1) is 24.7 Å². The van der Waals surface area contributed by atoms with Gasteiger partial charge < -0.3 is 30.2 Å². The number of aromatic nitrogens is 3. The van der Waals surface area contributed by atoms with E-state index in [1.54, 1.807) is 6.92 Å². The lowest BCUT2D eigenvalue weighted by Gasteiger charge is -2.27. The van der Waals surface area contributed by atoms with Crippen LogP contribution >= 0.6 is 0 Å². The number of urea groups is 1. The third-order valence-electron chi connectivity index (χ3n) is 9.74. The number of carbonyl (C=O) groups excluding carboxylic acids is 3. The molecule has 2 aliphatic rings. The van der Waals surface area contributed by atoms with Crippen molar-refractivity contribution < 1.29 is 19.1 Å². The quantitative estimate of drug-likeness (QED) is 0.144. The summed E-state index contributed by atoms with van der Waals surface area (Å²) in [5.74, 6) is 1.01. The Kier molecular flexibility index (Phi) is 9.66. The van der Waals surface area contributed by atoms with Gasteiger partial charge in [0, 0.05) is 42.3 Å². The second-order valence-corrected chi connectivity index (χ2v) is 13.8. The molecular weight excluding hydrogens is 592 g/mol. The predicted octanol–water partition coefficient (Wildman–Crippen LogP) is 5.87. The minimum absolute atomic E-state index is 0.129. The first-order valence-corrected chi connectivity index (χ1v) is 16.8. The molecule has 248 valence electrons. The number of carbonyl (C=O) groups is 3. The number of fused-ring (bicyclic) bond motifs is 3. The molecule has 3 amide bonds. The first-order valence-electron chi connectivity index (χ1n) is 16.8. The molecule has 2 aromatic heterocycles. The molecule has 0 radical (unpaired) electrons. The highest BCUT2D eigenvalue weighted by atomic mass is 16.5. The average molecular weight is 639 g/mol. The van der Waals surface area contributed by atoms with Crippen molar-refractivity contribution in [2.75, 3.05) is 0 Å². The first-order chi connectivity index (χ1) is 22.6. The Morgan fingerprint density at radius 1 is 1.02 bits per heavy atom. The van der Waals surface area contributed by atoms with Gasteiger partial charge in [-0.15, -0.1) is 0 Å². The maximum Gasteiger partial charge on any atom is 0.359 e. The smallest absolute Gasteiger partial charge is 0.359 e. The van der Waals surface area contributed by atoms with Gasteiger partial charge in [-0.25, -0.2) is 14.6 Å². The van der Waals surface area contributed by atoms with Gasteiger partial charge >= 0.3 is 12.0 Å². The standard InChI is InChI=1S/C37H46N6O4/c1-22(2)16-31(41-37(46)40-29-18-25-14-15-26(29)17-25)35(44)39-30(19-27-20-43(4)32-13-9-8-12-28(27)32)34-38-23(3)33(42-34)36(45)47-21-24-10-6-5-7-11-24/h5-13,20,22,25-26,29-31H,14-19,21H2,1-4H3,(H,38,42)(H,39,44)(H2,40,41,46)/t25-,26+,29+,30+,31-/m0/s1. The number of nitrogens with one attached hydrogen (secondary N) is 4. The molecule has 5 atom stereocenters. The van der Waals surface area contributed by atoms with Crippen LogP contribution in [0.4, 0.5) is 4.79 Å². The van der Waals surface area contributed by atoms with Crippen LogP contribution in [-0.2, 0) is 29.6 Å². The maximum atomic E-state index is 14.0. The number of aryl methyl sites for hydroxylation is 2. The lowest BCUT2D eigenvalue weighted by Crippen LogP contribution is -2.53. The van der Waals surface area contributed by atoms with Crippen molar-refractivity contribution in [1.29, 1.82) is 0 Å². The summed E-state index contributed by atoms with van der Waals surface area (Å²) in [6, 6.07) is 16.1. The molecule has 4 N–H and O–H groups in total. The number of para-hydroxylation sites is 1. The van der Waals surface area contributed by atoms with Crippen molar-refractivity contribution in [2.24, 2.45) is 24.8 Å². The Bertz CT molecular complexity index is 1730. The van der Waals surface area contributed by atoms with E-state index in [1.807, 2.05) is 63.4 Å². The Morgan fingerprint density at radius 3 is 2.51 bits per heavy atom. The number of nitrogens with zero attached hydrogens (tertiary/aromatic N) is 2. The normalized spacial score (nSPS) is 19.9. The highest BCUT2D eigenvalue weighted by Crippen LogP contribution is 2.44. The summed E-state index contributed by atoms with van der Waals surface area (Å²) >= 11 is 0. The van der Waals surface area contributed by atoms with E-state index in [4.69, 9.17) is 4.74 Å². The van der Waals surface area contributed by atoms with Crippen LogP contribution in [0.5, 0.6) is 0 Å². The summed E-state index contributed by atoms with van der Waals surface area (Å²) in [6.07, 6.45) is 7.56. The minimum Gasteiger partial charge on any atom is -0.456 e. The van der Waals surface area contributed by atoms with E-state index in [1.165, 1.54) is 12.8 Å². The Labute approximate surface area is 276 Å². The van der Waals surface area contributed by atoms with Crippen LogP contribution in [0.25, 0.3) is 10.9 Å². The zero-order valence-electron chi connectivity index (χ0n) is 27.7. The van der Waals surface area contributed by atoms with Gasteiger partial charge in [-0.3, -0.25) is 4.79 Å². The molecule has 2 bridgehead atoms. The van der Waals surface area contributed by atoms with Crippen molar-refractivity contribution in [3.8, 4) is 0 Å². The molecule has 2 fully saturated rings. The topological polar surface area (TPSA) is 130 Å².